The summed E-state index contributed by atoms with van der Waals surface area (Å²) in [7, 11) is 0. The first-order valence-electron chi connectivity index (χ1n) is 12.6. The normalized spacial score (nSPS) is 11.2. The number of aromatic nitrogens is 2. The lowest BCUT2D eigenvalue weighted by Gasteiger charge is -2.10. The quantitative estimate of drug-likeness (QED) is 0.122. The molecule has 0 aliphatic heterocycles. The highest BCUT2D eigenvalue weighted by Gasteiger charge is 2.11. The van der Waals surface area contributed by atoms with Crippen LogP contribution in [0, 0.1) is 11.5 Å². The summed E-state index contributed by atoms with van der Waals surface area (Å²) < 4.78 is 12.8. The van der Waals surface area contributed by atoms with E-state index in [0.29, 0.717) is 32.7 Å². The van der Waals surface area contributed by atoms with Crippen molar-refractivity contribution in [3.05, 3.63) is 26.7 Å². The Hall–Kier alpha value is -2.92. The second kappa shape index (κ2) is 19.5. The van der Waals surface area contributed by atoms with Gasteiger partial charge >= 0.3 is 17.1 Å². The van der Waals surface area contributed by atoms with Crippen molar-refractivity contribution in [1.82, 2.24) is 9.13 Å². The van der Waals surface area contributed by atoms with Gasteiger partial charge in [0.05, 0.1) is 6.54 Å². The van der Waals surface area contributed by atoms with E-state index in [1.807, 2.05) is 0 Å². The number of nitriles is 1. The number of unbranched alkanes of at least 4 members (excludes halogenated alkanes) is 10. The number of rotatable bonds is 20. The lowest BCUT2D eigenvalue weighted by Crippen LogP contribution is -2.47. The van der Waals surface area contributed by atoms with Gasteiger partial charge in [-0.05, 0) is 38.5 Å². The van der Waals surface area contributed by atoms with E-state index in [0.717, 1.165) is 68.8 Å². The van der Waals surface area contributed by atoms with Crippen molar-refractivity contribution in [3.63, 3.8) is 0 Å². The minimum atomic E-state index is -0.676. The summed E-state index contributed by atoms with van der Waals surface area (Å²) in [6.07, 6.45) is 15.0. The molecule has 0 radical (unpaired) electrons. The van der Waals surface area contributed by atoms with Crippen molar-refractivity contribution in [1.29, 1.82) is 5.26 Å². The van der Waals surface area contributed by atoms with E-state index >= 15 is 0 Å². The molecule has 190 valence electrons. The van der Waals surface area contributed by atoms with Crippen molar-refractivity contribution >= 4 is 6.08 Å². The van der Waals surface area contributed by atoms with Gasteiger partial charge < -0.3 is 9.15 Å². The SMILES string of the molecule is CCCCCCC/N=c1\oc(=O)n(CCCCCCN=C=O)c(=O)n1CCCCCCOC#N. The molecule has 0 aliphatic rings. The summed E-state index contributed by atoms with van der Waals surface area (Å²) in [5.41, 5.74) is -0.291. The number of nitrogens with zero attached hydrogens (tertiary/aromatic N) is 5. The maximum absolute atomic E-state index is 13.1. The zero-order valence-corrected chi connectivity index (χ0v) is 20.5. The van der Waals surface area contributed by atoms with Crippen LogP contribution in [-0.4, -0.2) is 34.9 Å². The molecule has 0 fully saturated rings. The number of carbonyl (C=O) groups excluding carboxylic acids is 1. The predicted octanol–water partition coefficient (Wildman–Crippen LogP) is 3.43. The smallest absolute Gasteiger partial charge is 0.425 e. The molecular weight excluding hydrogens is 438 g/mol. The van der Waals surface area contributed by atoms with Gasteiger partial charge in [0.25, 0.3) is 6.26 Å². The molecular formula is C24H39N5O5. The summed E-state index contributed by atoms with van der Waals surface area (Å²) in [5, 5.41) is 8.41. The average Bonchev–Trinajstić information content (AvgIpc) is 2.83. The monoisotopic (exact) mass is 477 g/mol. The fraction of sp³-hybridized carbons (Fsp3) is 0.792. The van der Waals surface area contributed by atoms with Crippen LogP contribution < -0.4 is 17.1 Å². The second-order valence-electron chi connectivity index (χ2n) is 8.27. The van der Waals surface area contributed by atoms with E-state index < -0.39 is 5.76 Å². The number of aliphatic imine (C=N–C) groups is 1. The third kappa shape index (κ3) is 12.4. The fourth-order valence-electron chi connectivity index (χ4n) is 3.58. The molecule has 1 heterocycles. The Morgan fingerprint density at radius 3 is 2.15 bits per heavy atom. The third-order valence-electron chi connectivity index (χ3n) is 5.51. The van der Waals surface area contributed by atoms with Crippen LogP contribution in [0.1, 0.15) is 90.4 Å². The number of ether oxygens (including phenoxy) is 1. The molecule has 0 aliphatic carbocycles. The number of hydrogen-bond acceptors (Lipinski definition) is 8. The molecule has 1 aromatic heterocycles. The van der Waals surface area contributed by atoms with Gasteiger partial charge in [-0.15, -0.1) is 0 Å². The first-order valence-corrected chi connectivity index (χ1v) is 12.6. The van der Waals surface area contributed by atoms with E-state index in [4.69, 9.17) is 9.68 Å². The van der Waals surface area contributed by atoms with Crippen LogP contribution in [0.5, 0.6) is 0 Å². The molecule has 10 nitrogen and oxygen atoms in total. The molecule has 0 atom stereocenters. The molecule has 0 saturated carbocycles. The van der Waals surface area contributed by atoms with Crippen LogP contribution in [0.4, 0.5) is 0 Å². The maximum Gasteiger partial charge on any atom is 0.425 e. The van der Waals surface area contributed by atoms with Gasteiger partial charge in [-0.3, -0.25) is 0 Å². The van der Waals surface area contributed by atoms with Crippen LogP contribution >= 0.6 is 0 Å². The van der Waals surface area contributed by atoms with Gasteiger partial charge in [0.2, 0.25) is 6.08 Å². The molecule has 0 amide bonds. The Bertz CT molecular complexity index is 950. The Morgan fingerprint density at radius 2 is 1.47 bits per heavy atom. The van der Waals surface area contributed by atoms with Gasteiger partial charge in [-0.2, -0.15) is 5.26 Å². The van der Waals surface area contributed by atoms with Gasteiger partial charge in [0, 0.05) is 19.6 Å². The van der Waals surface area contributed by atoms with E-state index in [9.17, 15) is 14.4 Å². The van der Waals surface area contributed by atoms with Crippen LogP contribution in [0.15, 0.2) is 24.0 Å². The Morgan fingerprint density at radius 1 is 0.853 bits per heavy atom. The largest absolute Gasteiger partial charge is 0.428 e. The maximum atomic E-state index is 13.1. The number of isocyanates is 1. The molecule has 1 aromatic rings. The Labute approximate surface area is 201 Å². The second-order valence-corrected chi connectivity index (χ2v) is 8.27. The van der Waals surface area contributed by atoms with Crippen molar-refractivity contribution in [2.24, 2.45) is 9.98 Å². The zero-order valence-electron chi connectivity index (χ0n) is 20.5. The third-order valence-corrected chi connectivity index (χ3v) is 5.51. The molecule has 0 spiro atoms. The highest BCUT2D eigenvalue weighted by Crippen LogP contribution is 2.03. The minimum absolute atomic E-state index is 0.0984. The van der Waals surface area contributed by atoms with Crippen LogP contribution in [-0.2, 0) is 22.6 Å². The van der Waals surface area contributed by atoms with E-state index in [2.05, 4.69) is 21.6 Å². The highest BCUT2D eigenvalue weighted by molar-refractivity contribution is 5.32. The van der Waals surface area contributed by atoms with Crippen LogP contribution in [0.2, 0.25) is 0 Å². The lowest BCUT2D eigenvalue weighted by molar-refractivity contribution is 0.258. The van der Waals surface area contributed by atoms with Gasteiger partial charge in [0.15, 0.2) is 0 Å². The Kier molecular flexibility index (Phi) is 16.7. The summed E-state index contributed by atoms with van der Waals surface area (Å²) in [4.78, 5) is 43.6. The van der Waals surface area contributed by atoms with Crippen molar-refractivity contribution in [3.8, 4) is 6.26 Å². The topological polar surface area (TPSA) is 132 Å². The summed E-state index contributed by atoms with van der Waals surface area (Å²) >= 11 is 0. The fourth-order valence-corrected chi connectivity index (χ4v) is 3.58. The lowest BCUT2D eigenvalue weighted by atomic mass is 10.2. The average molecular weight is 478 g/mol. The van der Waals surface area contributed by atoms with Crippen molar-refractivity contribution < 1.29 is 13.9 Å². The molecule has 0 unspecified atom stereocenters. The molecule has 0 bridgehead atoms. The highest BCUT2D eigenvalue weighted by atomic mass is 16.5. The standard InChI is InChI=1S/C24H39N5O5/c1-2-3-4-5-11-16-27-22-28(17-12-8-9-14-19-33-20-25)23(31)29(24(32)34-22)18-13-7-6-10-15-26-21-30/h2-19H2,1H3/b27-22-. The molecule has 10 heteroatoms. The minimum Gasteiger partial charge on any atom is -0.428 e. The first-order chi connectivity index (χ1) is 16.7. The summed E-state index contributed by atoms with van der Waals surface area (Å²) in [5.74, 6) is -0.676. The molecule has 0 N–H and O–H groups in total. The van der Waals surface area contributed by atoms with Gasteiger partial charge in [0.1, 0.15) is 6.61 Å². The first kappa shape index (κ1) is 29.1. The molecule has 34 heavy (non-hydrogen) atoms. The zero-order chi connectivity index (χ0) is 24.9. The van der Waals surface area contributed by atoms with E-state index in [1.165, 1.54) is 23.5 Å². The van der Waals surface area contributed by atoms with Crippen molar-refractivity contribution in [2.45, 2.75) is 103 Å². The van der Waals surface area contributed by atoms with Gasteiger partial charge in [-0.25, -0.2) is 33.5 Å². The van der Waals surface area contributed by atoms with Crippen LogP contribution in [0.25, 0.3) is 0 Å². The molecule has 1 rings (SSSR count). The molecule has 0 saturated heterocycles. The van der Waals surface area contributed by atoms with Gasteiger partial charge in [-0.1, -0.05) is 51.9 Å². The summed E-state index contributed by atoms with van der Waals surface area (Å²) in [6.45, 7) is 4.22. The molecule has 0 aromatic carbocycles. The van der Waals surface area contributed by atoms with E-state index in [-0.39, 0.29) is 17.9 Å². The predicted molar refractivity (Wildman–Crippen MR) is 128 cm³/mol. The summed E-state index contributed by atoms with van der Waals surface area (Å²) in [6, 6.07) is 0. The Balaban J connectivity index is 2.82. The number of hydrogen-bond donors (Lipinski definition) is 0. The van der Waals surface area contributed by atoms with Crippen LogP contribution in [0.3, 0.4) is 0 Å². The van der Waals surface area contributed by atoms with E-state index in [1.54, 1.807) is 6.26 Å². The van der Waals surface area contributed by atoms with Crippen molar-refractivity contribution in [2.75, 3.05) is 19.7 Å².